The fourth-order valence-corrected chi connectivity index (χ4v) is 1.63. The first-order valence-electron chi connectivity index (χ1n) is 6.77. The first-order valence-corrected chi connectivity index (χ1v) is 6.77. The third-order valence-corrected chi connectivity index (χ3v) is 2.83. The Morgan fingerprint density at radius 2 is 1.71 bits per heavy atom. The Morgan fingerprint density at radius 1 is 1.05 bits per heavy atom. The number of hydrogen-bond acceptors (Lipinski definition) is 3. The standard InChI is InChI=1S/C15H14FN3.C2H6/c1-9-3-6-13(17)14(16)12(9)5-4-11-7-10(2)15(18)19-8-11;1-2/h3,6-8H,17H2,1-2H3,(H2,18,19);1-2H3. The number of nitrogens with zero attached hydrogens (tertiary/aromatic N) is 1. The summed E-state index contributed by atoms with van der Waals surface area (Å²) < 4.78 is 13.8. The van der Waals surface area contributed by atoms with E-state index in [4.69, 9.17) is 11.5 Å². The molecule has 0 unspecified atom stereocenters. The normalized spacial score (nSPS) is 9.19. The molecule has 110 valence electrons. The lowest BCUT2D eigenvalue weighted by Gasteiger charge is -2.02. The van der Waals surface area contributed by atoms with Crippen molar-refractivity contribution in [2.45, 2.75) is 27.7 Å². The van der Waals surface area contributed by atoms with Crippen LogP contribution in [0.1, 0.15) is 36.1 Å². The predicted octanol–water partition coefficient (Wildman–Crippen LogP) is 3.43. The monoisotopic (exact) mass is 285 g/mol. The van der Waals surface area contributed by atoms with Crippen LogP contribution in [0.25, 0.3) is 0 Å². The highest BCUT2D eigenvalue weighted by molar-refractivity contribution is 5.55. The zero-order chi connectivity index (χ0) is 16.0. The predicted molar refractivity (Wildman–Crippen MR) is 86.3 cm³/mol. The number of aryl methyl sites for hydroxylation is 2. The van der Waals surface area contributed by atoms with Gasteiger partial charge in [0.1, 0.15) is 5.82 Å². The molecule has 1 aromatic heterocycles. The highest BCUT2D eigenvalue weighted by Gasteiger charge is 2.06. The molecule has 2 rings (SSSR count). The second-order valence-corrected chi connectivity index (χ2v) is 4.34. The minimum Gasteiger partial charge on any atom is -0.396 e. The molecule has 0 radical (unpaired) electrons. The van der Waals surface area contributed by atoms with E-state index in [1.165, 1.54) is 6.07 Å². The SMILES string of the molecule is CC.Cc1cc(C#Cc2c(C)ccc(N)c2F)cnc1N. The highest BCUT2D eigenvalue weighted by atomic mass is 19.1. The van der Waals surface area contributed by atoms with Crippen LogP contribution in [0.2, 0.25) is 0 Å². The van der Waals surface area contributed by atoms with Crippen LogP contribution in [0.4, 0.5) is 15.9 Å². The minimum atomic E-state index is -0.479. The van der Waals surface area contributed by atoms with Gasteiger partial charge in [-0.15, -0.1) is 0 Å². The van der Waals surface area contributed by atoms with Gasteiger partial charge in [0, 0.05) is 11.8 Å². The van der Waals surface area contributed by atoms with Gasteiger partial charge in [-0.05, 0) is 37.1 Å². The van der Waals surface area contributed by atoms with Crippen molar-refractivity contribution in [3.05, 3.63) is 52.5 Å². The molecule has 0 bridgehead atoms. The first-order chi connectivity index (χ1) is 9.99. The summed E-state index contributed by atoms with van der Waals surface area (Å²) in [6.45, 7) is 7.64. The maximum absolute atomic E-state index is 13.8. The molecule has 0 aliphatic rings. The van der Waals surface area contributed by atoms with Crippen LogP contribution in [0.5, 0.6) is 0 Å². The van der Waals surface area contributed by atoms with Crippen LogP contribution in [0.15, 0.2) is 24.4 Å². The molecule has 21 heavy (non-hydrogen) atoms. The van der Waals surface area contributed by atoms with Crippen molar-refractivity contribution in [1.29, 1.82) is 0 Å². The van der Waals surface area contributed by atoms with E-state index in [0.717, 1.165) is 11.1 Å². The lowest BCUT2D eigenvalue weighted by Crippen LogP contribution is -1.96. The molecule has 2 aromatic rings. The van der Waals surface area contributed by atoms with E-state index in [-0.39, 0.29) is 5.69 Å². The summed E-state index contributed by atoms with van der Waals surface area (Å²) in [5.74, 6) is 5.66. The van der Waals surface area contributed by atoms with Crippen molar-refractivity contribution in [3.8, 4) is 11.8 Å². The topological polar surface area (TPSA) is 64.9 Å². The van der Waals surface area contributed by atoms with Gasteiger partial charge in [0.05, 0.1) is 11.3 Å². The molecule has 0 aliphatic heterocycles. The molecule has 0 saturated heterocycles. The Hall–Kier alpha value is -2.54. The molecule has 0 saturated carbocycles. The molecule has 3 nitrogen and oxygen atoms in total. The van der Waals surface area contributed by atoms with Crippen molar-refractivity contribution in [2.75, 3.05) is 11.5 Å². The van der Waals surface area contributed by atoms with Crippen LogP contribution >= 0.6 is 0 Å². The largest absolute Gasteiger partial charge is 0.396 e. The Kier molecular flexibility index (Phi) is 5.74. The number of halogens is 1. The number of benzene rings is 1. The zero-order valence-electron chi connectivity index (χ0n) is 12.8. The number of nitrogen functional groups attached to an aromatic ring is 2. The zero-order valence-corrected chi connectivity index (χ0v) is 12.8. The summed E-state index contributed by atoms with van der Waals surface area (Å²) >= 11 is 0. The molecule has 4 heteroatoms. The van der Waals surface area contributed by atoms with E-state index >= 15 is 0 Å². The van der Waals surface area contributed by atoms with E-state index < -0.39 is 5.82 Å². The lowest BCUT2D eigenvalue weighted by atomic mass is 10.1. The van der Waals surface area contributed by atoms with Gasteiger partial charge < -0.3 is 11.5 Å². The minimum absolute atomic E-state index is 0.0986. The molecule has 0 spiro atoms. The second kappa shape index (κ2) is 7.30. The summed E-state index contributed by atoms with van der Waals surface area (Å²) in [4.78, 5) is 4.01. The van der Waals surface area contributed by atoms with Gasteiger partial charge in [-0.2, -0.15) is 0 Å². The van der Waals surface area contributed by atoms with E-state index in [1.54, 1.807) is 19.2 Å². The van der Waals surface area contributed by atoms with Gasteiger partial charge >= 0.3 is 0 Å². The van der Waals surface area contributed by atoms with Crippen LogP contribution in [0.3, 0.4) is 0 Å². The Bertz CT molecular complexity index is 697. The fourth-order valence-electron chi connectivity index (χ4n) is 1.63. The highest BCUT2D eigenvalue weighted by Crippen LogP contribution is 2.18. The number of rotatable bonds is 0. The van der Waals surface area contributed by atoms with Crippen molar-refractivity contribution in [2.24, 2.45) is 0 Å². The average Bonchev–Trinajstić information content (AvgIpc) is 2.49. The van der Waals surface area contributed by atoms with Crippen LogP contribution in [0, 0.1) is 31.5 Å². The van der Waals surface area contributed by atoms with E-state index in [1.807, 2.05) is 26.8 Å². The maximum atomic E-state index is 13.8. The Balaban J connectivity index is 0.00000106. The van der Waals surface area contributed by atoms with Gasteiger partial charge in [-0.1, -0.05) is 31.8 Å². The fraction of sp³-hybridized carbons (Fsp3) is 0.235. The van der Waals surface area contributed by atoms with Crippen LogP contribution < -0.4 is 11.5 Å². The van der Waals surface area contributed by atoms with Gasteiger partial charge in [0.2, 0.25) is 0 Å². The first kappa shape index (κ1) is 16.5. The number of aromatic nitrogens is 1. The third-order valence-electron chi connectivity index (χ3n) is 2.83. The number of nitrogens with two attached hydrogens (primary N) is 2. The van der Waals surface area contributed by atoms with Crippen molar-refractivity contribution in [3.63, 3.8) is 0 Å². The van der Waals surface area contributed by atoms with E-state index in [9.17, 15) is 4.39 Å². The van der Waals surface area contributed by atoms with Crippen molar-refractivity contribution in [1.82, 2.24) is 4.98 Å². The second-order valence-electron chi connectivity index (χ2n) is 4.34. The lowest BCUT2D eigenvalue weighted by molar-refractivity contribution is 0.628. The smallest absolute Gasteiger partial charge is 0.161 e. The van der Waals surface area contributed by atoms with Crippen LogP contribution in [-0.4, -0.2) is 4.98 Å². The third kappa shape index (κ3) is 3.96. The average molecular weight is 285 g/mol. The summed E-state index contributed by atoms with van der Waals surface area (Å²) in [6.07, 6.45) is 1.56. The molecule has 1 heterocycles. The van der Waals surface area contributed by atoms with Gasteiger partial charge in [-0.25, -0.2) is 9.37 Å². The summed E-state index contributed by atoms with van der Waals surface area (Å²) in [6, 6.07) is 5.09. The Morgan fingerprint density at radius 3 is 2.33 bits per heavy atom. The summed E-state index contributed by atoms with van der Waals surface area (Å²) in [5, 5.41) is 0. The molecular weight excluding hydrogens is 265 g/mol. The summed E-state index contributed by atoms with van der Waals surface area (Å²) in [7, 11) is 0. The van der Waals surface area contributed by atoms with E-state index in [2.05, 4.69) is 16.8 Å². The van der Waals surface area contributed by atoms with Crippen molar-refractivity contribution >= 4 is 11.5 Å². The van der Waals surface area contributed by atoms with Crippen molar-refractivity contribution < 1.29 is 4.39 Å². The molecular formula is C17H20FN3. The molecule has 0 amide bonds. The van der Waals surface area contributed by atoms with E-state index in [0.29, 0.717) is 16.9 Å². The quantitative estimate of drug-likeness (QED) is 0.575. The van der Waals surface area contributed by atoms with Gasteiger partial charge in [-0.3, -0.25) is 0 Å². The molecule has 4 N–H and O–H groups in total. The Labute approximate surface area is 125 Å². The molecule has 1 aromatic carbocycles. The summed E-state index contributed by atoms with van der Waals surface area (Å²) in [5.41, 5.74) is 13.9. The maximum Gasteiger partial charge on any atom is 0.161 e. The number of anilines is 2. The molecule has 0 aliphatic carbocycles. The molecule has 0 fully saturated rings. The number of pyridine rings is 1. The van der Waals surface area contributed by atoms with Crippen LogP contribution in [-0.2, 0) is 0 Å². The van der Waals surface area contributed by atoms with Gasteiger partial charge in [0.25, 0.3) is 0 Å². The van der Waals surface area contributed by atoms with Gasteiger partial charge in [0.15, 0.2) is 5.82 Å². The molecule has 0 atom stereocenters. The number of hydrogen-bond donors (Lipinski definition) is 2.